The molecule has 2 aromatic rings. The van der Waals surface area contributed by atoms with E-state index in [0.717, 1.165) is 22.9 Å². The Balaban J connectivity index is 1.97. The van der Waals surface area contributed by atoms with Gasteiger partial charge in [0.25, 0.3) is 5.91 Å². The number of hydrogen-bond donors (Lipinski definition) is 2. The fourth-order valence-corrected chi connectivity index (χ4v) is 2.23. The summed E-state index contributed by atoms with van der Waals surface area (Å²) >= 11 is 1.57. The zero-order valence-electron chi connectivity index (χ0n) is 10.9. The van der Waals surface area contributed by atoms with Crippen molar-refractivity contribution in [2.24, 2.45) is 0 Å². The van der Waals surface area contributed by atoms with Gasteiger partial charge >= 0.3 is 0 Å². The van der Waals surface area contributed by atoms with Crippen LogP contribution in [0.2, 0.25) is 0 Å². The molecule has 6 heteroatoms. The van der Waals surface area contributed by atoms with Crippen LogP contribution in [-0.4, -0.2) is 22.4 Å². The van der Waals surface area contributed by atoms with Crippen molar-refractivity contribution in [2.45, 2.75) is 20.4 Å². The first-order valence-corrected chi connectivity index (χ1v) is 6.96. The third kappa shape index (κ3) is 3.75. The smallest absolute Gasteiger partial charge is 0.270 e. The van der Waals surface area contributed by atoms with Crippen molar-refractivity contribution in [2.75, 3.05) is 11.9 Å². The molecule has 0 aromatic carbocycles. The molecule has 0 bridgehead atoms. The maximum Gasteiger partial charge on any atom is 0.270 e. The summed E-state index contributed by atoms with van der Waals surface area (Å²) in [6.07, 6.45) is 1.62. The van der Waals surface area contributed by atoms with Crippen LogP contribution in [0.3, 0.4) is 0 Å². The Kier molecular flexibility index (Phi) is 4.46. The number of rotatable bonds is 5. The van der Waals surface area contributed by atoms with Crippen molar-refractivity contribution in [1.82, 2.24) is 15.3 Å². The van der Waals surface area contributed by atoms with E-state index in [2.05, 4.69) is 20.6 Å². The largest absolute Gasteiger partial charge is 0.385 e. The standard InChI is InChI=1S/C13H16N4OS/c1-3-14-10-4-5-15-12(6-10)13(18)16-7-11-8-19-9(2)17-11/h4-6,8H,3,7H2,1-2H3,(H,14,15)(H,16,18). The molecule has 0 radical (unpaired) electrons. The van der Waals surface area contributed by atoms with Crippen molar-refractivity contribution in [3.63, 3.8) is 0 Å². The molecular formula is C13H16N4OS. The average molecular weight is 276 g/mol. The lowest BCUT2D eigenvalue weighted by Crippen LogP contribution is -2.24. The number of nitrogens with one attached hydrogen (secondary N) is 2. The number of amides is 1. The van der Waals surface area contributed by atoms with Crippen LogP contribution in [0.5, 0.6) is 0 Å². The van der Waals surface area contributed by atoms with Gasteiger partial charge in [-0.05, 0) is 26.0 Å². The van der Waals surface area contributed by atoms with Crippen LogP contribution in [0.15, 0.2) is 23.7 Å². The van der Waals surface area contributed by atoms with E-state index in [-0.39, 0.29) is 5.91 Å². The third-order valence-electron chi connectivity index (χ3n) is 2.47. The van der Waals surface area contributed by atoms with Crippen molar-refractivity contribution in [3.05, 3.63) is 40.1 Å². The molecule has 19 heavy (non-hydrogen) atoms. The summed E-state index contributed by atoms with van der Waals surface area (Å²) in [6.45, 7) is 5.18. The van der Waals surface area contributed by atoms with Gasteiger partial charge in [0.1, 0.15) is 5.69 Å². The summed E-state index contributed by atoms with van der Waals surface area (Å²) in [7, 11) is 0. The molecule has 0 unspecified atom stereocenters. The zero-order valence-corrected chi connectivity index (χ0v) is 11.8. The molecule has 0 atom stereocenters. The Hall–Kier alpha value is -1.95. The minimum Gasteiger partial charge on any atom is -0.385 e. The highest BCUT2D eigenvalue weighted by Gasteiger charge is 2.08. The van der Waals surface area contributed by atoms with Crippen LogP contribution in [-0.2, 0) is 6.54 Å². The normalized spacial score (nSPS) is 10.2. The summed E-state index contributed by atoms with van der Waals surface area (Å²) in [5.41, 5.74) is 2.18. The molecule has 100 valence electrons. The lowest BCUT2D eigenvalue weighted by Gasteiger charge is -2.06. The van der Waals surface area contributed by atoms with Gasteiger partial charge in [-0.15, -0.1) is 11.3 Å². The van der Waals surface area contributed by atoms with E-state index >= 15 is 0 Å². The van der Waals surface area contributed by atoms with Crippen LogP contribution >= 0.6 is 11.3 Å². The quantitative estimate of drug-likeness (QED) is 0.878. The number of aryl methyl sites for hydroxylation is 1. The monoisotopic (exact) mass is 276 g/mol. The second kappa shape index (κ2) is 6.29. The molecule has 5 nitrogen and oxygen atoms in total. The van der Waals surface area contributed by atoms with Crippen LogP contribution in [0.4, 0.5) is 5.69 Å². The second-order valence-corrected chi connectivity index (χ2v) is 5.06. The summed E-state index contributed by atoms with van der Waals surface area (Å²) in [5, 5.41) is 8.90. The van der Waals surface area contributed by atoms with Crippen molar-refractivity contribution in [1.29, 1.82) is 0 Å². The van der Waals surface area contributed by atoms with Gasteiger partial charge in [0, 0.05) is 23.8 Å². The molecule has 0 aliphatic carbocycles. The number of pyridine rings is 1. The van der Waals surface area contributed by atoms with E-state index in [1.54, 1.807) is 23.6 Å². The van der Waals surface area contributed by atoms with Crippen LogP contribution in [0.25, 0.3) is 0 Å². The first-order valence-electron chi connectivity index (χ1n) is 6.08. The fourth-order valence-electron chi connectivity index (χ4n) is 1.62. The zero-order chi connectivity index (χ0) is 13.7. The van der Waals surface area contributed by atoms with E-state index in [9.17, 15) is 4.79 Å². The molecule has 0 fully saturated rings. The first kappa shape index (κ1) is 13.5. The summed E-state index contributed by atoms with van der Waals surface area (Å²) in [4.78, 5) is 20.3. The molecule has 0 spiro atoms. The Morgan fingerprint density at radius 2 is 2.32 bits per heavy atom. The molecule has 1 amide bonds. The number of hydrogen-bond acceptors (Lipinski definition) is 5. The lowest BCUT2D eigenvalue weighted by atomic mass is 10.3. The van der Waals surface area contributed by atoms with Gasteiger partial charge in [-0.25, -0.2) is 4.98 Å². The fraction of sp³-hybridized carbons (Fsp3) is 0.308. The molecule has 0 saturated heterocycles. The van der Waals surface area contributed by atoms with Crippen LogP contribution in [0.1, 0.15) is 28.1 Å². The predicted molar refractivity (Wildman–Crippen MR) is 76.4 cm³/mol. The topological polar surface area (TPSA) is 66.9 Å². The number of carbonyl (C=O) groups is 1. The molecule has 2 N–H and O–H groups in total. The number of aromatic nitrogens is 2. The van der Waals surface area contributed by atoms with Crippen molar-refractivity contribution >= 4 is 22.9 Å². The van der Waals surface area contributed by atoms with Gasteiger partial charge < -0.3 is 10.6 Å². The Labute approximate surface area is 116 Å². The van der Waals surface area contributed by atoms with E-state index in [0.29, 0.717) is 12.2 Å². The number of carbonyl (C=O) groups excluding carboxylic acids is 1. The number of anilines is 1. The third-order valence-corrected chi connectivity index (χ3v) is 3.29. The Morgan fingerprint density at radius 3 is 3.00 bits per heavy atom. The highest BCUT2D eigenvalue weighted by molar-refractivity contribution is 7.09. The van der Waals surface area contributed by atoms with Crippen molar-refractivity contribution < 1.29 is 4.79 Å². The van der Waals surface area contributed by atoms with Crippen LogP contribution in [0, 0.1) is 6.92 Å². The summed E-state index contributed by atoms with van der Waals surface area (Å²) in [5.74, 6) is -0.189. The first-order chi connectivity index (χ1) is 9.19. The minimum absolute atomic E-state index is 0.189. The maximum absolute atomic E-state index is 12.0. The predicted octanol–water partition coefficient (Wildman–Crippen LogP) is 2.21. The van der Waals surface area contributed by atoms with E-state index in [1.807, 2.05) is 25.3 Å². The molecule has 2 aromatic heterocycles. The van der Waals surface area contributed by atoms with Gasteiger partial charge in [-0.2, -0.15) is 0 Å². The van der Waals surface area contributed by atoms with Crippen molar-refractivity contribution in [3.8, 4) is 0 Å². The lowest BCUT2D eigenvalue weighted by molar-refractivity contribution is 0.0945. The van der Waals surface area contributed by atoms with E-state index in [1.165, 1.54) is 0 Å². The maximum atomic E-state index is 12.0. The SMILES string of the molecule is CCNc1ccnc(C(=O)NCc2csc(C)n2)c1. The Bertz CT molecular complexity index is 567. The average Bonchev–Trinajstić information content (AvgIpc) is 2.82. The summed E-state index contributed by atoms with van der Waals surface area (Å²) in [6, 6.07) is 3.58. The number of nitrogens with zero attached hydrogens (tertiary/aromatic N) is 2. The molecule has 0 saturated carbocycles. The molecule has 2 rings (SSSR count). The molecule has 0 aliphatic rings. The number of thiazole rings is 1. The molecule has 2 heterocycles. The van der Waals surface area contributed by atoms with Gasteiger partial charge in [0.15, 0.2) is 0 Å². The molecule has 0 aliphatic heterocycles. The van der Waals surface area contributed by atoms with E-state index < -0.39 is 0 Å². The minimum atomic E-state index is -0.189. The van der Waals surface area contributed by atoms with Gasteiger partial charge in [-0.3, -0.25) is 9.78 Å². The summed E-state index contributed by atoms with van der Waals surface area (Å²) < 4.78 is 0. The molecular weight excluding hydrogens is 260 g/mol. The highest BCUT2D eigenvalue weighted by Crippen LogP contribution is 2.09. The van der Waals surface area contributed by atoms with Crippen LogP contribution < -0.4 is 10.6 Å². The second-order valence-electron chi connectivity index (χ2n) is 4.00. The van der Waals surface area contributed by atoms with Gasteiger partial charge in [0.05, 0.1) is 17.2 Å². The van der Waals surface area contributed by atoms with Gasteiger partial charge in [-0.1, -0.05) is 0 Å². The highest BCUT2D eigenvalue weighted by atomic mass is 32.1. The van der Waals surface area contributed by atoms with E-state index in [4.69, 9.17) is 0 Å². The van der Waals surface area contributed by atoms with Gasteiger partial charge in [0.2, 0.25) is 0 Å². The Morgan fingerprint density at radius 1 is 1.47 bits per heavy atom.